The van der Waals surface area contributed by atoms with Crippen LogP contribution in [0.25, 0.3) is 0 Å². The topological polar surface area (TPSA) is 38.7 Å². The summed E-state index contributed by atoms with van der Waals surface area (Å²) in [4.78, 5) is 0. The molecule has 0 heterocycles. The van der Waals surface area contributed by atoms with Crippen LogP contribution in [0.2, 0.25) is 0 Å². The number of hydrogen-bond donors (Lipinski definition) is 1. The van der Waals surface area contributed by atoms with Crippen molar-refractivity contribution in [3.8, 4) is 11.5 Å². The van der Waals surface area contributed by atoms with E-state index in [4.69, 9.17) is 9.47 Å². The largest absolute Gasteiger partial charge is 0.497 e. The Morgan fingerprint density at radius 2 is 1.65 bits per heavy atom. The molecule has 3 nitrogen and oxygen atoms in total. The molecular weight excluding hydrogens is 320 g/mol. The highest BCUT2D eigenvalue weighted by Crippen LogP contribution is 2.34. The fourth-order valence-electron chi connectivity index (χ4n) is 2.05. The molecule has 1 unspecified atom stereocenters. The van der Waals surface area contributed by atoms with Gasteiger partial charge in [0.25, 0.3) is 0 Å². The second-order valence-electron chi connectivity index (χ2n) is 4.53. The lowest BCUT2D eigenvalue weighted by molar-refractivity contribution is 0.218. The van der Waals surface area contributed by atoms with E-state index in [0.29, 0.717) is 11.5 Å². The Balaban J connectivity index is 2.47. The van der Waals surface area contributed by atoms with E-state index in [2.05, 4.69) is 15.9 Å². The highest BCUT2D eigenvalue weighted by atomic mass is 79.9. The SMILES string of the molecule is COc1cc(OC)cc(C(O)c2cccc(C)c2Br)c1. The third-order valence-corrected chi connectivity index (χ3v) is 4.29. The summed E-state index contributed by atoms with van der Waals surface area (Å²) in [6, 6.07) is 11.2. The molecule has 0 aliphatic carbocycles. The number of halogens is 1. The summed E-state index contributed by atoms with van der Waals surface area (Å²) < 4.78 is 11.4. The molecule has 2 rings (SSSR count). The highest BCUT2D eigenvalue weighted by Gasteiger charge is 2.16. The monoisotopic (exact) mass is 336 g/mol. The fourth-order valence-corrected chi connectivity index (χ4v) is 2.53. The van der Waals surface area contributed by atoms with Gasteiger partial charge >= 0.3 is 0 Å². The summed E-state index contributed by atoms with van der Waals surface area (Å²) in [5, 5.41) is 10.6. The van der Waals surface area contributed by atoms with Crippen molar-refractivity contribution in [3.05, 3.63) is 57.6 Å². The second-order valence-corrected chi connectivity index (χ2v) is 5.32. The molecular formula is C16H17BrO3. The Labute approximate surface area is 127 Å². The van der Waals surface area contributed by atoms with Crippen LogP contribution < -0.4 is 9.47 Å². The molecule has 0 radical (unpaired) electrons. The fraction of sp³-hybridized carbons (Fsp3) is 0.250. The van der Waals surface area contributed by atoms with Crippen LogP contribution in [0.15, 0.2) is 40.9 Å². The zero-order valence-electron chi connectivity index (χ0n) is 11.7. The molecule has 0 aromatic heterocycles. The second kappa shape index (κ2) is 6.29. The lowest BCUT2D eigenvalue weighted by Crippen LogP contribution is -2.02. The maximum Gasteiger partial charge on any atom is 0.122 e. The van der Waals surface area contributed by atoms with E-state index in [-0.39, 0.29) is 0 Å². The van der Waals surface area contributed by atoms with Crippen molar-refractivity contribution in [1.29, 1.82) is 0 Å². The van der Waals surface area contributed by atoms with Crippen molar-refractivity contribution >= 4 is 15.9 Å². The van der Waals surface area contributed by atoms with Gasteiger partial charge in [-0.1, -0.05) is 34.1 Å². The van der Waals surface area contributed by atoms with Gasteiger partial charge in [0.15, 0.2) is 0 Å². The molecule has 0 saturated carbocycles. The molecule has 2 aromatic rings. The average Bonchev–Trinajstić information content (AvgIpc) is 2.48. The summed E-state index contributed by atoms with van der Waals surface area (Å²) in [6.07, 6.45) is -0.742. The van der Waals surface area contributed by atoms with E-state index in [1.165, 1.54) is 0 Å². The first-order valence-corrected chi connectivity index (χ1v) is 7.02. The number of aliphatic hydroxyl groups excluding tert-OH is 1. The van der Waals surface area contributed by atoms with Crippen LogP contribution in [0.4, 0.5) is 0 Å². The number of methoxy groups -OCH3 is 2. The van der Waals surface area contributed by atoms with E-state index in [9.17, 15) is 5.11 Å². The lowest BCUT2D eigenvalue weighted by atomic mass is 9.99. The van der Waals surface area contributed by atoms with E-state index in [1.807, 2.05) is 37.3 Å². The normalized spacial score (nSPS) is 12.1. The van der Waals surface area contributed by atoms with Gasteiger partial charge in [-0.05, 0) is 35.7 Å². The summed E-state index contributed by atoms with van der Waals surface area (Å²) >= 11 is 3.53. The first-order valence-electron chi connectivity index (χ1n) is 6.23. The maximum atomic E-state index is 10.6. The Bertz CT molecular complexity index is 588. The molecule has 20 heavy (non-hydrogen) atoms. The van der Waals surface area contributed by atoms with Gasteiger partial charge in [0.1, 0.15) is 17.6 Å². The lowest BCUT2D eigenvalue weighted by Gasteiger charge is -2.16. The summed E-state index contributed by atoms with van der Waals surface area (Å²) in [6.45, 7) is 1.99. The molecule has 2 aromatic carbocycles. The van der Waals surface area contributed by atoms with Crippen LogP contribution in [-0.2, 0) is 0 Å². The van der Waals surface area contributed by atoms with E-state index in [1.54, 1.807) is 20.3 Å². The first-order chi connectivity index (χ1) is 9.56. The number of rotatable bonds is 4. The minimum Gasteiger partial charge on any atom is -0.497 e. The third kappa shape index (κ3) is 2.97. The zero-order chi connectivity index (χ0) is 14.7. The summed E-state index contributed by atoms with van der Waals surface area (Å²) in [5.74, 6) is 1.31. The van der Waals surface area contributed by atoms with Gasteiger partial charge in [-0.15, -0.1) is 0 Å². The Kier molecular flexibility index (Phi) is 4.68. The van der Waals surface area contributed by atoms with Crippen LogP contribution in [0.1, 0.15) is 22.8 Å². The van der Waals surface area contributed by atoms with Crippen LogP contribution in [0.3, 0.4) is 0 Å². The van der Waals surface area contributed by atoms with Gasteiger partial charge < -0.3 is 14.6 Å². The summed E-state index contributed by atoms with van der Waals surface area (Å²) in [5.41, 5.74) is 2.63. The number of hydrogen-bond acceptors (Lipinski definition) is 3. The van der Waals surface area contributed by atoms with Gasteiger partial charge in [-0.2, -0.15) is 0 Å². The van der Waals surface area contributed by atoms with Gasteiger partial charge in [0.2, 0.25) is 0 Å². The van der Waals surface area contributed by atoms with E-state index in [0.717, 1.165) is 21.2 Å². The molecule has 1 N–H and O–H groups in total. The highest BCUT2D eigenvalue weighted by molar-refractivity contribution is 9.10. The molecule has 0 fully saturated rings. The van der Waals surface area contributed by atoms with Crippen molar-refractivity contribution in [2.24, 2.45) is 0 Å². The van der Waals surface area contributed by atoms with Crippen LogP contribution in [0, 0.1) is 6.92 Å². The third-order valence-electron chi connectivity index (χ3n) is 3.21. The van der Waals surface area contributed by atoms with Crippen LogP contribution in [0.5, 0.6) is 11.5 Å². The van der Waals surface area contributed by atoms with Crippen molar-refractivity contribution in [3.63, 3.8) is 0 Å². The van der Waals surface area contributed by atoms with Crippen LogP contribution in [-0.4, -0.2) is 19.3 Å². The van der Waals surface area contributed by atoms with Gasteiger partial charge in [-0.25, -0.2) is 0 Å². The van der Waals surface area contributed by atoms with Crippen molar-refractivity contribution in [2.75, 3.05) is 14.2 Å². The first kappa shape index (κ1) is 14.9. The minimum atomic E-state index is -0.742. The molecule has 0 aliphatic rings. The maximum absolute atomic E-state index is 10.6. The average molecular weight is 337 g/mol. The van der Waals surface area contributed by atoms with E-state index < -0.39 is 6.10 Å². The van der Waals surface area contributed by atoms with Gasteiger partial charge in [-0.3, -0.25) is 0 Å². The number of aryl methyl sites for hydroxylation is 1. The van der Waals surface area contributed by atoms with Crippen LogP contribution >= 0.6 is 15.9 Å². The van der Waals surface area contributed by atoms with E-state index >= 15 is 0 Å². The Morgan fingerprint density at radius 3 is 2.20 bits per heavy atom. The number of aliphatic hydroxyl groups is 1. The molecule has 1 atom stereocenters. The van der Waals surface area contributed by atoms with Gasteiger partial charge in [0, 0.05) is 10.5 Å². The Hall–Kier alpha value is -1.52. The van der Waals surface area contributed by atoms with Crippen molar-refractivity contribution in [1.82, 2.24) is 0 Å². The molecule has 0 aliphatic heterocycles. The van der Waals surface area contributed by atoms with Gasteiger partial charge in [0.05, 0.1) is 14.2 Å². The summed E-state index contributed by atoms with van der Waals surface area (Å²) in [7, 11) is 3.18. The quantitative estimate of drug-likeness (QED) is 0.921. The Morgan fingerprint density at radius 1 is 1.05 bits per heavy atom. The molecule has 0 amide bonds. The predicted octanol–water partition coefficient (Wildman–Crippen LogP) is 3.86. The predicted molar refractivity (Wildman–Crippen MR) is 82.5 cm³/mol. The molecule has 0 spiro atoms. The minimum absolute atomic E-state index is 0.655. The van der Waals surface area contributed by atoms with Crippen molar-refractivity contribution < 1.29 is 14.6 Å². The molecule has 0 bridgehead atoms. The number of ether oxygens (including phenoxy) is 2. The molecule has 106 valence electrons. The zero-order valence-corrected chi connectivity index (χ0v) is 13.3. The number of benzene rings is 2. The standard InChI is InChI=1S/C16H17BrO3/c1-10-5-4-6-14(15(10)17)16(18)11-7-12(19-2)9-13(8-11)20-3/h4-9,16,18H,1-3H3. The molecule has 4 heteroatoms. The molecule has 0 saturated heterocycles. The van der Waals surface area contributed by atoms with Crippen molar-refractivity contribution in [2.45, 2.75) is 13.0 Å². The smallest absolute Gasteiger partial charge is 0.122 e.